The van der Waals surface area contributed by atoms with E-state index in [0.717, 1.165) is 21.8 Å². The van der Waals surface area contributed by atoms with Crippen LogP contribution in [-0.4, -0.2) is 45.7 Å². The normalized spacial score (nSPS) is 13.2. The number of carbonyl (C=O) groups excluding carboxylic acids is 3. The molecule has 3 rings (SSSR count). The summed E-state index contributed by atoms with van der Waals surface area (Å²) >= 11 is 1.27. The van der Waals surface area contributed by atoms with Crippen LogP contribution in [0.25, 0.3) is 0 Å². The summed E-state index contributed by atoms with van der Waals surface area (Å²) in [6.45, 7) is 6.57. The second kappa shape index (κ2) is 8.01. The number of ether oxygens (including phenoxy) is 1. The number of thiophene rings is 1. The smallest absolute Gasteiger partial charge is 0.410 e. The van der Waals surface area contributed by atoms with Crippen LogP contribution in [0.4, 0.5) is 9.80 Å². The van der Waals surface area contributed by atoms with E-state index in [-0.39, 0.29) is 12.5 Å². The molecule has 2 aromatic rings. The Morgan fingerprint density at radius 3 is 2.71 bits per heavy atom. The van der Waals surface area contributed by atoms with E-state index < -0.39 is 12.0 Å². The maximum atomic E-state index is 12.5. The topological polar surface area (TPSA) is 120 Å². The Bertz CT molecular complexity index is 933. The lowest BCUT2D eigenvalue weighted by molar-refractivity contribution is -0.116. The molecule has 3 heterocycles. The zero-order chi connectivity index (χ0) is 20.4. The summed E-state index contributed by atoms with van der Waals surface area (Å²) < 4.78 is 6.65. The molecule has 28 heavy (non-hydrogen) atoms. The fourth-order valence-electron chi connectivity index (χ4n) is 3.26. The predicted octanol–water partition coefficient (Wildman–Crippen LogP) is 1.81. The van der Waals surface area contributed by atoms with Gasteiger partial charge in [-0.05, 0) is 38.8 Å². The molecule has 0 saturated carbocycles. The van der Waals surface area contributed by atoms with Gasteiger partial charge in [0, 0.05) is 17.1 Å². The Labute approximate surface area is 166 Å². The molecule has 1 aliphatic heterocycles. The van der Waals surface area contributed by atoms with Crippen LogP contribution in [0.15, 0.2) is 6.07 Å². The number of aromatic nitrogens is 2. The highest BCUT2D eigenvalue weighted by Gasteiger charge is 2.30. The molecule has 2 aromatic heterocycles. The first-order valence-electron chi connectivity index (χ1n) is 8.97. The standard InChI is InChI=1S/C18H23N5O4S/c1-4-27-18(26)22-6-5-12-13(8-22)28-17(15(12)16(19)25)20-14(24)9-23-11(3)7-10(2)21-23/h7H,4-6,8-9H2,1-3H3,(H2,19,25)(H,20,24). The number of rotatable bonds is 5. The van der Waals surface area contributed by atoms with Crippen molar-refractivity contribution in [3.63, 3.8) is 0 Å². The number of hydrogen-bond acceptors (Lipinski definition) is 6. The van der Waals surface area contributed by atoms with Crippen LogP contribution in [0.3, 0.4) is 0 Å². The fourth-order valence-corrected chi connectivity index (χ4v) is 4.54. The predicted molar refractivity (Wildman–Crippen MR) is 104 cm³/mol. The summed E-state index contributed by atoms with van der Waals surface area (Å²) in [5.74, 6) is -0.891. The summed E-state index contributed by atoms with van der Waals surface area (Å²) in [6.07, 6.45) is 0.0910. The van der Waals surface area contributed by atoms with E-state index in [4.69, 9.17) is 10.5 Å². The first kappa shape index (κ1) is 19.9. The van der Waals surface area contributed by atoms with Gasteiger partial charge in [-0.25, -0.2) is 4.79 Å². The molecular weight excluding hydrogens is 382 g/mol. The van der Waals surface area contributed by atoms with Gasteiger partial charge in [0.15, 0.2) is 0 Å². The average Bonchev–Trinajstić information content (AvgIpc) is 3.12. The molecule has 150 valence electrons. The summed E-state index contributed by atoms with van der Waals surface area (Å²) in [6, 6.07) is 1.88. The Morgan fingerprint density at radius 1 is 1.36 bits per heavy atom. The molecule has 0 aromatic carbocycles. The number of nitrogens with two attached hydrogens (primary N) is 1. The molecule has 3 amide bonds. The van der Waals surface area contributed by atoms with Crippen molar-refractivity contribution in [1.82, 2.24) is 14.7 Å². The molecule has 0 aliphatic carbocycles. The van der Waals surface area contributed by atoms with E-state index >= 15 is 0 Å². The van der Waals surface area contributed by atoms with E-state index in [0.29, 0.717) is 36.7 Å². The number of fused-ring (bicyclic) bond motifs is 1. The lowest BCUT2D eigenvalue weighted by atomic mass is 10.0. The van der Waals surface area contributed by atoms with E-state index in [9.17, 15) is 14.4 Å². The van der Waals surface area contributed by atoms with E-state index in [1.165, 1.54) is 11.3 Å². The molecule has 0 radical (unpaired) electrons. The van der Waals surface area contributed by atoms with Crippen molar-refractivity contribution in [3.05, 3.63) is 33.5 Å². The average molecular weight is 405 g/mol. The zero-order valence-corrected chi connectivity index (χ0v) is 16.9. The number of nitrogens with one attached hydrogen (secondary N) is 1. The first-order chi connectivity index (χ1) is 13.3. The number of primary amides is 1. The Hall–Kier alpha value is -2.88. The van der Waals surface area contributed by atoms with Crippen LogP contribution in [0.1, 0.15) is 39.1 Å². The first-order valence-corrected chi connectivity index (χ1v) is 9.78. The molecule has 0 saturated heterocycles. The van der Waals surface area contributed by atoms with Gasteiger partial charge in [-0.1, -0.05) is 0 Å². The van der Waals surface area contributed by atoms with Crippen molar-refractivity contribution in [1.29, 1.82) is 0 Å². The maximum absolute atomic E-state index is 12.5. The van der Waals surface area contributed by atoms with Gasteiger partial charge >= 0.3 is 6.09 Å². The number of carbonyl (C=O) groups is 3. The number of nitrogens with zero attached hydrogens (tertiary/aromatic N) is 3. The Morgan fingerprint density at radius 2 is 2.11 bits per heavy atom. The Kier molecular flexibility index (Phi) is 5.68. The van der Waals surface area contributed by atoms with Crippen molar-refractivity contribution >= 4 is 34.2 Å². The molecule has 1 aliphatic rings. The van der Waals surface area contributed by atoms with Gasteiger partial charge in [0.2, 0.25) is 5.91 Å². The number of amides is 3. The molecular formula is C18H23N5O4S. The summed E-state index contributed by atoms with van der Waals surface area (Å²) in [7, 11) is 0. The summed E-state index contributed by atoms with van der Waals surface area (Å²) in [4.78, 5) is 38.9. The summed E-state index contributed by atoms with van der Waals surface area (Å²) in [5.41, 5.74) is 8.39. The molecule has 0 fully saturated rings. The minimum atomic E-state index is -0.594. The van der Waals surface area contributed by atoms with Crippen molar-refractivity contribution in [2.24, 2.45) is 5.73 Å². The SMILES string of the molecule is CCOC(=O)N1CCc2c(sc(NC(=O)Cn3nc(C)cc3C)c2C(N)=O)C1. The second-order valence-corrected chi connectivity index (χ2v) is 7.68. The number of aryl methyl sites for hydroxylation is 2. The lowest BCUT2D eigenvalue weighted by Crippen LogP contribution is -2.36. The molecule has 3 N–H and O–H groups in total. The Balaban J connectivity index is 1.80. The second-order valence-electron chi connectivity index (χ2n) is 6.58. The quantitative estimate of drug-likeness (QED) is 0.786. The van der Waals surface area contributed by atoms with Gasteiger partial charge in [-0.3, -0.25) is 14.3 Å². The summed E-state index contributed by atoms with van der Waals surface area (Å²) in [5, 5.41) is 7.47. The van der Waals surface area contributed by atoms with Crippen LogP contribution in [0.5, 0.6) is 0 Å². The van der Waals surface area contributed by atoms with Gasteiger partial charge < -0.3 is 20.7 Å². The third kappa shape index (κ3) is 4.01. The molecule has 0 unspecified atom stereocenters. The minimum Gasteiger partial charge on any atom is -0.450 e. The monoisotopic (exact) mass is 405 g/mol. The highest BCUT2D eigenvalue weighted by atomic mass is 32.1. The van der Waals surface area contributed by atoms with Crippen molar-refractivity contribution in [2.45, 2.75) is 40.3 Å². The zero-order valence-electron chi connectivity index (χ0n) is 16.1. The third-order valence-electron chi connectivity index (χ3n) is 4.48. The third-order valence-corrected chi connectivity index (χ3v) is 5.61. The molecule has 0 bridgehead atoms. The van der Waals surface area contributed by atoms with E-state index in [1.54, 1.807) is 16.5 Å². The van der Waals surface area contributed by atoms with Crippen molar-refractivity contribution in [2.75, 3.05) is 18.5 Å². The van der Waals surface area contributed by atoms with E-state index in [2.05, 4.69) is 10.4 Å². The van der Waals surface area contributed by atoms with Gasteiger partial charge in [0.25, 0.3) is 5.91 Å². The highest BCUT2D eigenvalue weighted by molar-refractivity contribution is 7.17. The van der Waals surface area contributed by atoms with Crippen LogP contribution in [0.2, 0.25) is 0 Å². The highest BCUT2D eigenvalue weighted by Crippen LogP contribution is 2.37. The number of hydrogen-bond donors (Lipinski definition) is 2. The van der Waals surface area contributed by atoms with Gasteiger partial charge in [0.1, 0.15) is 11.5 Å². The molecule has 9 nitrogen and oxygen atoms in total. The van der Waals surface area contributed by atoms with Gasteiger partial charge in [-0.2, -0.15) is 5.10 Å². The maximum Gasteiger partial charge on any atom is 0.410 e. The fraction of sp³-hybridized carbons (Fsp3) is 0.444. The van der Waals surface area contributed by atoms with Gasteiger partial charge in [0.05, 0.1) is 24.4 Å². The molecule has 0 spiro atoms. The minimum absolute atomic E-state index is 0.0371. The van der Waals surface area contributed by atoms with E-state index in [1.807, 2.05) is 19.9 Å². The van der Waals surface area contributed by atoms with Crippen molar-refractivity contribution in [3.8, 4) is 0 Å². The van der Waals surface area contributed by atoms with Gasteiger partial charge in [-0.15, -0.1) is 11.3 Å². The van der Waals surface area contributed by atoms with Crippen LogP contribution < -0.4 is 11.1 Å². The largest absolute Gasteiger partial charge is 0.450 e. The van der Waals surface area contributed by atoms with Crippen LogP contribution in [0, 0.1) is 13.8 Å². The van der Waals surface area contributed by atoms with Crippen molar-refractivity contribution < 1.29 is 19.1 Å². The number of anilines is 1. The lowest BCUT2D eigenvalue weighted by Gasteiger charge is -2.26. The molecule has 0 atom stereocenters. The van der Waals surface area contributed by atoms with Crippen LogP contribution in [-0.2, 0) is 29.0 Å². The van der Waals surface area contributed by atoms with Crippen LogP contribution >= 0.6 is 11.3 Å². The molecule has 10 heteroatoms.